The van der Waals surface area contributed by atoms with Crippen LogP contribution in [0.15, 0.2) is 43.0 Å². The quantitative estimate of drug-likeness (QED) is 0.885. The maximum Gasteiger partial charge on any atom is 0.246 e. The molecule has 20 heavy (non-hydrogen) atoms. The Hall–Kier alpha value is -1.85. The molecule has 1 N–H and O–H groups in total. The van der Waals surface area contributed by atoms with Crippen molar-refractivity contribution in [3.63, 3.8) is 0 Å². The second kappa shape index (κ2) is 7.07. The molecular weight excluding hydrogens is 278 g/mol. The fraction of sp³-hybridized carbons (Fsp3) is 0.286. The van der Waals surface area contributed by atoms with Crippen molar-refractivity contribution in [3.05, 3.63) is 53.6 Å². The minimum Gasteiger partial charge on any atom is -0.375 e. The summed E-state index contributed by atoms with van der Waals surface area (Å²) in [4.78, 5) is 15.6. The van der Waals surface area contributed by atoms with E-state index in [1.165, 1.54) is 7.11 Å². The van der Waals surface area contributed by atoms with Crippen LogP contribution in [0.25, 0.3) is 0 Å². The van der Waals surface area contributed by atoms with E-state index in [9.17, 15) is 4.79 Å². The van der Waals surface area contributed by atoms with E-state index < -0.39 is 0 Å². The molecule has 0 radical (unpaired) electrons. The zero-order valence-electron chi connectivity index (χ0n) is 11.1. The summed E-state index contributed by atoms with van der Waals surface area (Å²) >= 11 is 5.90. The number of carbonyl (C=O) groups is 1. The first-order chi connectivity index (χ1) is 9.70. The second-order valence-corrected chi connectivity index (χ2v) is 4.75. The number of ether oxygens (including phenoxy) is 1. The van der Waals surface area contributed by atoms with E-state index in [1.54, 1.807) is 12.5 Å². The summed E-state index contributed by atoms with van der Waals surface area (Å²) in [5.41, 5.74) is 1.05. The molecular formula is C14H16ClN3O2. The van der Waals surface area contributed by atoms with Gasteiger partial charge in [0, 0.05) is 31.1 Å². The molecule has 0 unspecified atom stereocenters. The van der Waals surface area contributed by atoms with Gasteiger partial charge < -0.3 is 14.6 Å². The number of methoxy groups -OCH3 is 1. The number of hydrogen-bond donors (Lipinski definition) is 1. The summed E-state index contributed by atoms with van der Waals surface area (Å²) in [5.74, 6) is -0.147. The summed E-state index contributed by atoms with van der Waals surface area (Å²) in [6, 6.07) is 7.51. The van der Waals surface area contributed by atoms with Crippen molar-refractivity contribution in [2.24, 2.45) is 0 Å². The molecule has 1 atom stereocenters. The van der Waals surface area contributed by atoms with E-state index in [2.05, 4.69) is 10.3 Å². The van der Waals surface area contributed by atoms with Gasteiger partial charge >= 0.3 is 0 Å². The third-order valence-electron chi connectivity index (χ3n) is 2.91. The van der Waals surface area contributed by atoms with E-state index in [1.807, 2.05) is 35.0 Å². The van der Waals surface area contributed by atoms with Crippen LogP contribution in [0.3, 0.4) is 0 Å². The van der Waals surface area contributed by atoms with E-state index in [0.717, 1.165) is 5.56 Å². The smallest absolute Gasteiger partial charge is 0.246 e. The van der Waals surface area contributed by atoms with Crippen LogP contribution in [0.1, 0.15) is 11.6 Å². The number of amides is 1. The Labute approximate surface area is 122 Å². The summed E-state index contributed by atoms with van der Waals surface area (Å²) in [6.07, 6.45) is 5.30. The molecule has 2 rings (SSSR count). The van der Waals surface area contributed by atoms with Crippen LogP contribution in [0.2, 0.25) is 5.02 Å². The minimum absolute atomic E-state index is 0.0319. The van der Waals surface area contributed by atoms with Crippen molar-refractivity contribution in [2.75, 3.05) is 20.3 Å². The van der Waals surface area contributed by atoms with Crippen molar-refractivity contribution >= 4 is 17.5 Å². The maximum atomic E-state index is 11.5. The van der Waals surface area contributed by atoms with Gasteiger partial charge in [0.15, 0.2) is 0 Å². The highest BCUT2D eigenvalue weighted by Crippen LogP contribution is 2.19. The Morgan fingerprint density at radius 1 is 1.45 bits per heavy atom. The van der Waals surface area contributed by atoms with Gasteiger partial charge in [0.1, 0.15) is 6.61 Å². The van der Waals surface area contributed by atoms with E-state index >= 15 is 0 Å². The molecule has 1 amide bonds. The molecule has 1 aromatic heterocycles. The van der Waals surface area contributed by atoms with Gasteiger partial charge in [-0.1, -0.05) is 23.7 Å². The third-order valence-corrected chi connectivity index (χ3v) is 3.16. The average Bonchev–Trinajstić information content (AvgIpc) is 2.95. The minimum atomic E-state index is -0.147. The summed E-state index contributed by atoms with van der Waals surface area (Å²) in [5, 5.41) is 3.52. The highest BCUT2D eigenvalue weighted by molar-refractivity contribution is 6.30. The fourth-order valence-corrected chi connectivity index (χ4v) is 2.05. The molecule has 0 spiro atoms. The molecule has 0 aliphatic rings. The Morgan fingerprint density at radius 2 is 2.20 bits per heavy atom. The van der Waals surface area contributed by atoms with Gasteiger partial charge in [-0.25, -0.2) is 4.98 Å². The Kier molecular flexibility index (Phi) is 5.15. The Bertz CT molecular complexity index is 540. The third kappa shape index (κ3) is 3.82. The summed E-state index contributed by atoms with van der Waals surface area (Å²) in [6.45, 7) is 0.511. The molecule has 1 aromatic carbocycles. The topological polar surface area (TPSA) is 56.1 Å². The van der Waals surface area contributed by atoms with Gasteiger partial charge in [0.05, 0.1) is 12.4 Å². The lowest BCUT2D eigenvalue weighted by Gasteiger charge is -2.19. The van der Waals surface area contributed by atoms with E-state index in [4.69, 9.17) is 16.3 Å². The molecule has 0 saturated heterocycles. The number of aromatic nitrogens is 2. The number of nitrogens with zero attached hydrogens (tertiary/aromatic N) is 2. The van der Waals surface area contributed by atoms with Crippen molar-refractivity contribution in [3.8, 4) is 0 Å². The van der Waals surface area contributed by atoms with Gasteiger partial charge in [0.2, 0.25) is 5.91 Å². The predicted octanol–water partition coefficient (Wildman–Crippen LogP) is 1.89. The lowest BCUT2D eigenvalue weighted by atomic mass is 10.1. The number of hydrogen-bond acceptors (Lipinski definition) is 3. The number of nitrogens with one attached hydrogen (secondary N) is 1. The monoisotopic (exact) mass is 293 g/mol. The lowest BCUT2D eigenvalue weighted by Crippen LogP contribution is -2.33. The fourth-order valence-electron chi connectivity index (χ4n) is 1.93. The SMILES string of the molecule is COCC(=O)NC[C@@H](c1ccc(Cl)cc1)n1ccnc1. The molecule has 1 heterocycles. The van der Waals surface area contributed by atoms with Crippen LogP contribution in [0, 0.1) is 0 Å². The van der Waals surface area contributed by atoms with Crippen molar-refractivity contribution in [1.29, 1.82) is 0 Å². The van der Waals surface area contributed by atoms with Crippen LogP contribution in [0.5, 0.6) is 0 Å². The van der Waals surface area contributed by atoms with Gasteiger partial charge in [-0.2, -0.15) is 0 Å². The van der Waals surface area contributed by atoms with Crippen LogP contribution in [0.4, 0.5) is 0 Å². The molecule has 0 fully saturated rings. The van der Waals surface area contributed by atoms with Crippen LogP contribution in [-0.2, 0) is 9.53 Å². The Morgan fingerprint density at radius 3 is 2.80 bits per heavy atom. The average molecular weight is 294 g/mol. The van der Waals surface area contributed by atoms with E-state index in [0.29, 0.717) is 11.6 Å². The molecule has 0 aliphatic carbocycles. The summed E-state index contributed by atoms with van der Waals surface area (Å²) in [7, 11) is 1.49. The Balaban J connectivity index is 2.13. The molecule has 2 aromatic rings. The van der Waals surface area contributed by atoms with E-state index in [-0.39, 0.29) is 18.6 Å². The van der Waals surface area contributed by atoms with Crippen LogP contribution in [-0.4, -0.2) is 35.7 Å². The van der Waals surface area contributed by atoms with Crippen molar-refractivity contribution in [2.45, 2.75) is 6.04 Å². The number of rotatable bonds is 6. The highest BCUT2D eigenvalue weighted by atomic mass is 35.5. The first-order valence-corrected chi connectivity index (χ1v) is 6.57. The molecule has 106 valence electrons. The highest BCUT2D eigenvalue weighted by Gasteiger charge is 2.14. The van der Waals surface area contributed by atoms with Crippen LogP contribution >= 0.6 is 11.6 Å². The number of benzene rings is 1. The standard InChI is InChI=1S/C14H16ClN3O2/c1-20-9-14(19)17-8-13(18-7-6-16-10-18)11-2-4-12(15)5-3-11/h2-7,10,13H,8-9H2,1H3,(H,17,19)/t13-/m0/s1. The zero-order valence-corrected chi connectivity index (χ0v) is 11.9. The number of halogens is 1. The first-order valence-electron chi connectivity index (χ1n) is 6.19. The molecule has 5 nitrogen and oxygen atoms in total. The molecule has 6 heteroatoms. The van der Waals surface area contributed by atoms with Gasteiger partial charge in [-0.05, 0) is 17.7 Å². The van der Waals surface area contributed by atoms with Crippen LogP contribution < -0.4 is 5.32 Å². The molecule has 0 aliphatic heterocycles. The number of carbonyl (C=O) groups excluding carboxylic acids is 1. The van der Waals surface area contributed by atoms with Crippen molar-refractivity contribution in [1.82, 2.24) is 14.9 Å². The number of imidazole rings is 1. The lowest BCUT2D eigenvalue weighted by molar-refractivity contribution is -0.124. The molecule has 0 saturated carbocycles. The summed E-state index contributed by atoms with van der Waals surface area (Å²) < 4.78 is 6.74. The predicted molar refractivity (Wildman–Crippen MR) is 76.7 cm³/mol. The second-order valence-electron chi connectivity index (χ2n) is 4.31. The maximum absolute atomic E-state index is 11.5. The zero-order chi connectivity index (χ0) is 14.4. The van der Waals surface area contributed by atoms with Gasteiger partial charge in [-0.3, -0.25) is 4.79 Å². The largest absolute Gasteiger partial charge is 0.375 e. The normalized spacial score (nSPS) is 12.1. The first kappa shape index (κ1) is 14.6. The molecule has 0 bridgehead atoms. The van der Waals surface area contributed by atoms with Crippen molar-refractivity contribution < 1.29 is 9.53 Å². The van der Waals surface area contributed by atoms with Gasteiger partial charge in [0.25, 0.3) is 0 Å². The van der Waals surface area contributed by atoms with Gasteiger partial charge in [-0.15, -0.1) is 0 Å².